The Kier molecular flexibility index (Phi) is 6.67. The van der Waals surface area contributed by atoms with Crippen LogP contribution in [-0.2, 0) is 11.3 Å². The van der Waals surface area contributed by atoms with Crippen LogP contribution in [0.4, 0.5) is 0 Å². The van der Waals surface area contributed by atoms with Gasteiger partial charge in [-0.25, -0.2) is 0 Å². The minimum absolute atomic E-state index is 0.0704. The second kappa shape index (κ2) is 8.75. The van der Waals surface area contributed by atoms with Crippen molar-refractivity contribution in [3.05, 3.63) is 63.2 Å². The lowest BCUT2D eigenvalue weighted by molar-refractivity contribution is 0.0951. The molecule has 1 amide bonds. The maximum Gasteiger partial charge on any atom is 0.251 e. The molecule has 2 aromatic rings. The maximum absolute atomic E-state index is 12.1. The Morgan fingerprint density at radius 3 is 2.59 bits per heavy atom. The van der Waals surface area contributed by atoms with E-state index in [0.717, 1.165) is 14.9 Å². The molecule has 2 aromatic carbocycles. The van der Waals surface area contributed by atoms with Crippen molar-refractivity contribution in [2.75, 3.05) is 20.3 Å². The van der Waals surface area contributed by atoms with Gasteiger partial charge in [0.05, 0.1) is 6.61 Å². The van der Waals surface area contributed by atoms with E-state index in [1.165, 1.54) is 0 Å². The molecule has 2 rings (SSSR count). The Balaban J connectivity index is 1.85. The molecular weight excluding hydrogens is 393 g/mol. The van der Waals surface area contributed by atoms with Crippen LogP contribution >= 0.6 is 22.6 Å². The Bertz CT molecular complexity index is 614. The fourth-order valence-electron chi connectivity index (χ4n) is 1.86. The van der Waals surface area contributed by atoms with Gasteiger partial charge < -0.3 is 14.8 Å². The third kappa shape index (κ3) is 5.31. The molecule has 116 valence electrons. The summed E-state index contributed by atoms with van der Waals surface area (Å²) in [5.74, 6) is 0.726. The van der Waals surface area contributed by atoms with Crippen molar-refractivity contribution in [3.8, 4) is 5.75 Å². The summed E-state index contributed by atoms with van der Waals surface area (Å²) < 4.78 is 11.5. The first-order valence-electron chi connectivity index (χ1n) is 6.93. The molecule has 4 nitrogen and oxygen atoms in total. The third-order valence-electron chi connectivity index (χ3n) is 3.02. The highest BCUT2D eigenvalue weighted by Gasteiger charge is 2.05. The van der Waals surface area contributed by atoms with E-state index in [-0.39, 0.29) is 5.91 Å². The van der Waals surface area contributed by atoms with Gasteiger partial charge in [-0.1, -0.05) is 18.2 Å². The Morgan fingerprint density at radius 1 is 1.14 bits per heavy atom. The maximum atomic E-state index is 12.1. The SMILES string of the molecule is COCCOc1ccc(CNC(=O)c2cccc(I)c2)cc1. The normalized spacial score (nSPS) is 10.3. The van der Waals surface area contributed by atoms with Crippen LogP contribution in [0.3, 0.4) is 0 Å². The molecule has 0 aliphatic rings. The summed E-state index contributed by atoms with van der Waals surface area (Å²) in [4.78, 5) is 12.1. The first-order chi connectivity index (χ1) is 10.7. The molecule has 0 fully saturated rings. The number of benzene rings is 2. The third-order valence-corrected chi connectivity index (χ3v) is 3.69. The number of nitrogens with one attached hydrogen (secondary N) is 1. The number of ether oxygens (including phenoxy) is 2. The Labute approximate surface area is 144 Å². The quantitative estimate of drug-likeness (QED) is 0.562. The number of halogens is 1. The molecule has 0 radical (unpaired) electrons. The smallest absolute Gasteiger partial charge is 0.251 e. The largest absolute Gasteiger partial charge is 0.491 e. The summed E-state index contributed by atoms with van der Waals surface area (Å²) in [6.45, 7) is 1.58. The summed E-state index contributed by atoms with van der Waals surface area (Å²) >= 11 is 2.19. The Hall–Kier alpha value is -1.60. The average molecular weight is 411 g/mol. The van der Waals surface area contributed by atoms with E-state index in [4.69, 9.17) is 9.47 Å². The van der Waals surface area contributed by atoms with Crippen molar-refractivity contribution in [2.45, 2.75) is 6.54 Å². The number of rotatable bonds is 7. The second-order valence-electron chi connectivity index (χ2n) is 4.68. The molecule has 5 heteroatoms. The van der Waals surface area contributed by atoms with Crippen molar-refractivity contribution < 1.29 is 14.3 Å². The first-order valence-corrected chi connectivity index (χ1v) is 8.01. The molecule has 22 heavy (non-hydrogen) atoms. The summed E-state index contributed by atoms with van der Waals surface area (Å²) in [5, 5.41) is 2.91. The Morgan fingerprint density at radius 2 is 1.91 bits per heavy atom. The number of carbonyl (C=O) groups is 1. The summed E-state index contributed by atoms with van der Waals surface area (Å²) in [5.41, 5.74) is 1.70. The van der Waals surface area contributed by atoms with E-state index < -0.39 is 0 Å². The van der Waals surface area contributed by atoms with Gasteiger partial charge in [-0.3, -0.25) is 4.79 Å². The summed E-state index contributed by atoms with van der Waals surface area (Å²) in [6.07, 6.45) is 0. The molecule has 0 saturated heterocycles. The molecular formula is C17H18INO3. The lowest BCUT2D eigenvalue weighted by Crippen LogP contribution is -2.22. The van der Waals surface area contributed by atoms with E-state index >= 15 is 0 Å². The number of hydrogen-bond donors (Lipinski definition) is 1. The van der Waals surface area contributed by atoms with Crippen LogP contribution in [0, 0.1) is 3.57 Å². The monoisotopic (exact) mass is 411 g/mol. The fourth-order valence-corrected chi connectivity index (χ4v) is 2.40. The highest BCUT2D eigenvalue weighted by atomic mass is 127. The van der Waals surface area contributed by atoms with E-state index in [1.807, 2.05) is 48.5 Å². The molecule has 0 unspecified atom stereocenters. The van der Waals surface area contributed by atoms with Gasteiger partial charge in [-0.05, 0) is 58.5 Å². The van der Waals surface area contributed by atoms with Gasteiger partial charge >= 0.3 is 0 Å². The van der Waals surface area contributed by atoms with Crippen molar-refractivity contribution in [1.82, 2.24) is 5.32 Å². The molecule has 1 N–H and O–H groups in total. The zero-order valence-electron chi connectivity index (χ0n) is 12.3. The van der Waals surface area contributed by atoms with Gasteiger partial charge in [-0.2, -0.15) is 0 Å². The molecule has 0 saturated carbocycles. The highest BCUT2D eigenvalue weighted by molar-refractivity contribution is 14.1. The van der Waals surface area contributed by atoms with Gasteiger partial charge in [0.1, 0.15) is 12.4 Å². The minimum Gasteiger partial charge on any atom is -0.491 e. The highest BCUT2D eigenvalue weighted by Crippen LogP contribution is 2.12. The molecule has 0 aliphatic carbocycles. The lowest BCUT2D eigenvalue weighted by atomic mass is 10.2. The molecule has 0 atom stereocenters. The predicted octanol–water partition coefficient (Wildman–Crippen LogP) is 3.25. The van der Waals surface area contributed by atoms with Gasteiger partial charge in [0.15, 0.2) is 0 Å². The molecule has 0 aliphatic heterocycles. The topological polar surface area (TPSA) is 47.6 Å². The van der Waals surface area contributed by atoms with E-state index in [9.17, 15) is 4.79 Å². The van der Waals surface area contributed by atoms with Crippen LogP contribution in [0.2, 0.25) is 0 Å². The van der Waals surface area contributed by atoms with Gasteiger partial charge in [0.25, 0.3) is 5.91 Å². The lowest BCUT2D eigenvalue weighted by Gasteiger charge is -2.08. The van der Waals surface area contributed by atoms with Crippen molar-refractivity contribution in [3.63, 3.8) is 0 Å². The van der Waals surface area contributed by atoms with Crippen LogP contribution in [0.15, 0.2) is 48.5 Å². The first kappa shape index (κ1) is 16.8. The zero-order valence-corrected chi connectivity index (χ0v) is 14.5. The van der Waals surface area contributed by atoms with E-state index in [2.05, 4.69) is 27.9 Å². The van der Waals surface area contributed by atoms with E-state index in [0.29, 0.717) is 25.3 Å². The zero-order chi connectivity index (χ0) is 15.8. The van der Waals surface area contributed by atoms with Crippen molar-refractivity contribution >= 4 is 28.5 Å². The summed E-state index contributed by atoms with van der Waals surface area (Å²) in [6, 6.07) is 15.2. The van der Waals surface area contributed by atoms with Crippen molar-refractivity contribution in [2.24, 2.45) is 0 Å². The number of hydrogen-bond acceptors (Lipinski definition) is 3. The molecule has 0 heterocycles. The number of methoxy groups -OCH3 is 1. The van der Waals surface area contributed by atoms with Crippen molar-refractivity contribution in [1.29, 1.82) is 0 Å². The predicted molar refractivity (Wildman–Crippen MR) is 94.1 cm³/mol. The van der Waals surface area contributed by atoms with Crippen LogP contribution in [0.5, 0.6) is 5.75 Å². The van der Waals surface area contributed by atoms with Gasteiger partial charge in [-0.15, -0.1) is 0 Å². The number of amides is 1. The fraction of sp³-hybridized carbons (Fsp3) is 0.235. The van der Waals surface area contributed by atoms with Crippen LogP contribution in [0.1, 0.15) is 15.9 Å². The van der Waals surface area contributed by atoms with Crippen LogP contribution in [-0.4, -0.2) is 26.2 Å². The summed E-state index contributed by atoms with van der Waals surface area (Å²) in [7, 11) is 1.64. The number of carbonyl (C=O) groups excluding carboxylic acids is 1. The standard InChI is InChI=1S/C17H18INO3/c1-21-9-10-22-16-7-5-13(6-8-16)12-19-17(20)14-3-2-4-15(18)11-14/h2-8,11H,9-10,12H2,1H3,(H,19,20). The average Bonchev–Trinajstić information content (AvgIpc) is 2.54. The van der Waals surface area contributed by atoms with Crippen LogP contribution < -0.4 is 10.1 Å². The van der Waals surface area contributed by atoms with Crippen LogP contribution in [0.25, 0.3) is 0 Å². The molecule has 0 bridgehead atoms. The van der Waals surface area contributed by atoms with Gasteiger partial charge in [0.2, 0.25) is 0 Å². The minimum atomic E-state index is -0.0704. The second-order valence-corrected chi connectivity index (χ2v) is 5.92. The molecule has 0 spiro atoms. The van der Waals surface area contributed by atoms with Gasteiger partial charge in [0, 0.05) is 22.8 Å². The molecule has 0 aromatic heterocycles. The van der Waals surface area contributed by atoms with E-state index in [1.54, 1.807) is 7.11 Å².